The minimum absolute atomic E-state index is 0. The molecule has 0 saturated heterocycles. The van der Waals surface area contributed by atoms with Gasteiger partial charge in [0.25, 0.3) is 0 Å². The summed E-state index contributed by atoms with van der Waals surface area (Å²) in [5.74, 6) is 0.748. The number of amides is 1. The second kappa shape index (κ2) is 10.9. The first kappa shape index (κ1) is 22.5. The lowest BCUT2D eigenvalue weighted by molar-refractivity contribution is 0.0190. The Morgan fingerprint density at radius 1 is 1.33 bits per heavy atom. The number of guanidine groups is 1. The van der Waals surface area contributed by atoms with E-state index in [1.165, 1.54) is 0 Å². The van der Waals surface area contributed by atoms with Crippen LogP contribution in [0.25, 0.3) is 0 Å². The summed E-state index contributed by atoms with van der Waals surface area (Å²) in [6.07, 6.45) is 0.573. The van der Waals surface area contributed by atoms with Gasteiger partial charge in [-0.1, -0.05) is 0 Å². The van der Waals surface area contributed by atoms with Crippen LogP contribution in [0.1, 0.15) is 41.0 Å². The molecule has 0 aromatic rings. The molecule has 0 heterocycles. The fourth-order valence-corrected chi connectivity index (χ4v) is 1.62. The molecule has 6 nitrogen and oxygen atoms in total. The lowest BCUT2D eigenvalue weighted by atomic mass is 10.2. The first-order chi connectivity index (χ1) is 9.21. The number of halogens is 1. The average molecular weight is 414 g/mol. The molecule has 0 radical (unpaired) electrons. The van der Waals surface area contributed by atoms with Crippen molar-refractivity contribution in [2.75, 3.05) is 27.2 Å². The first-order valence-corrected chi connectivity index (χ1v) is 7.09. The average Bonchev–Trinajstić information content (AvgIpc) is 2.31. The van der Waals surface area contributed by atoms with E-state index < -0.39 is 5.60 Å². The fraction of sp³-hybridized carbons (Fsp3) is 0.857. The maximum absolute atomic E-state index is 12.1. The summed E-state index contributed by atoms with van der Waals surface area (Å²) >= 11 is 0. The van der Waals surface area contributed by atoms with Crippen molar-refractivity contribution in [3.8, 4) is 0 Å². The van der Waals surface area contributed by atoms with Gasteiger partial charge in [-0.15, -0.1) is 24.0 Å². The van der Waals surface area contributed by atoms with Crippen LogP contribution in [0.3, 0.4) is 0 Å². The number of carbonyl (C=O) groups excluding carboxylic acids is 1. The Kier molecular flexibility index (Phi) is 11.7. The molecule has 21 heavy (non-hydrogen) atoms. The number of ether oxygens (including phenoxy) is 1. The van der Waals surface area contributed by atoms with Crippen LogP contribution in [0.2, 0.25) is 0 Å². The lowest BCUT2D eigenvalue weighted by Gasteiger charge is -2.30. The Morgan fingerprint density at radius 3 is 2.29 bits per heavy atom. The summed E-state index contributed by atoms with van der Waals surface area (Å²) < 4.78 is 5.41. The van der Waals surface area contributed by atoms with E-state index in [2.05, 4.69) is 15.6 Å². The molecule has 0 unspecified atom stereocenters. The summed E-state index contributed by atoms with van der Waals surface area (Å²) in [6, 6.07) is 0.119. The second-order valence-electron chi connectivity index (χ2n) is 5.87. The van der Waals surface area contributed by atoms with Gasteiger partial charge < -0.3 is 20.3 Å². The van der Waals surface area contributed by atoms with Crippen LogP contribution in [-0.2, 0) is 4.74 Å². The van der Waals surface area contributed by atoms with Gasteiger partial charge >= 0.3 is 6.09 Å². The monoisotopic (exact) mass is 414 g/mol. The summed E-state index contributed by atoms with van der Waals surface area (Å²) in [4.78, 5) is 17.9. The van der Waals surface area contributed by atoms with Gasteiger partial charge in [-0.2, -0.15) is 0 Å². The lowest BCUT2D eigenvalue weighted by Crippen LogP contribution is -2.43. The predicted molar refractivity (Wildman–Crippen MR) is 98.5 cm³/mol. The van der Waals surface area contributed by atoms with Crippen LogP contribution < -0.4 is 10.6 Å². The summed E-state index contributed by atoms with van der Waals surface area (Å²) in [5, 5.41) is 6.11. The van der Waals surface area contributed by atoms with E-state index >= 15 is 0 Å². The standard InChI is InChI=1S/C14H30N4O2.HI/c1-11(2)18(13(19)20-14(3,4)5)10-8-9-17-12(15-6)16-7;/h11H,8-10H2,1-7H3,(H2,15,16,17);1H. The molecule has 0 saturated carbocycles. The van der Waals surface area contributed by atoms with Crippen LogP contribution in [0.5, 0.6) is 0 Å². The Hall–Kier alpha value is -0.730. The van der Waals surface area contributed by atoms with E-state index in [-0.39, 0.29) is 36.1 Å². The van der Waals surface area contributed by atoms with Gasteiger partial charge in [-0.25, -0.2) is 4.79 Å². The molecule has 0 aliphatic heterocycles. The quantitative estimate of drug-likeness (QED) is 0.314. The van der Waals surface area contributed by atoms with Crippen molar-refractivity contribution in [2.45, 2.75) is 52.7 Å². The maximum atomic E-state index is 12.1. The van der Waals surface area contributed by atoms with Crippen molar-refractivity contribution in [3.05, 3.63) is 0 Å². The first-order valence-electron chi connectivity index (χ1n) is 7.09. The zero-order valence-corrected chi connectivity index (χ0v) is 16.6. The van der Waals surface area contributed by atoms with Crippen LogP contribution in [0, 0.1) is 0 Å². The Balaban J connectivity index is 0. The summed E-state index contributed by atoms with van der Waals surface area (Å²) in [7, 11) is 3.54. The highest BCUT2D eigenvalue weighted by Crippen LogP contribution is 2.12. The molecule has 0 bridgehead atoms. The van der Waals surface area contributed by atoms with Crippen LogP contribution in [0.15, 0.2) is 4.99 Å². The zero-order chi connectivity index (χ0) is 15.8. The molecule has 1 amide bonds. The highest BCUT2D eigenvalue weighted by atomic mass is 127. The van der Waals surface area contributed by atoms with Gasteiger partial charge in [0.2, 0.25) is 0 Å². The third-order valence-corrected chi connectivity index (χ3v) is 2.58. The number of hydrogen-bond acceptors (Lipinski definition) is 3. The SMILES string of the molecule is CN=C(NC)NCCCN(C(=O)OC(C)(C)C)C(C)C.I. The molecular formula is C14H31IN4O2. The summed E-state index contributed by atoms with van der Waals surface area (Å²) in [6.45, 7) is 11.0. The number of nitrogens with zero attached hydrogens (tertiary/aromatic N) is 2. The minimum Gasteiger partial charge on any atom is -0.444 e. The Labute approximate surface area is 146 Å². The maximum Gasteiger partial charge on any atom is 0.410 e. The number of aliphatic imine (C=N–C) groups is 1. The molecule has 0 fully saturated rings. The largest absolute Gasteiger partial charge is 0.444 e. The molecule has 0 aromatic carbocycles. The van der Waals surface area contributed by atoms with Gasteiger partial charge in [0.05, 0.1) is 0 Å². The number of hydrogen-bond donors (Lipinski definition) is 2. The van der Waals surface area contributed by atoms with Gasteiger partial charge in [-0.3, -0.25) is 4.99 Å². The number of rotatable bonds is 5. The second-order valence-corrected chi connectivity index (χ2v) is 5.87. The molecule has 0 aromatic heterocycles. The van der Waals surface area contributed by atoms with Crippen LogP contribution >= 0.6 is 24.0 Å². The molecule has 7 heteroatoms. The highest BCUT2D eigenvalue weighted by molar-refractivity contribution is 14.0. The highest BCUT2D eigenvalue weighted by Gasteiger charge is 2.23. The van der Waals surface area contributed by atoms with Crippen molar-refractivity contribution < 1.29 is 9.53 Å². The van der Waals surface area contributed by atoms with E-state index in [1.807, 2.05) is 41.7 Å². The third kappa shape index (κ3) is 10.6. The molecule has 0 atom stereocenters. The molecule has 0 rings (SSSR count). The zero-order valence-electron chi connectivity index (χ0n) is 14.3. The minimum atomic E-state index is -0.462. The number of carbonyl (C=O) groups is 1. The van der Waals surface area contributed by atoms with Crippen molar-refractivity contribution in [2.24, 2.45) is 4.99 Å². The van der Waals surface area contributed by atoms with Crippen molar-refractivity contribution >= 4 is 36.0 Å². The van der Waals surface area contributed by atoms with E-state index in [0.29, 0.717) is 6.54 Å². The molecule has 0 spiro atoms. The molecule has 2 N–H and O–H groups in total. The van der Waals surface area contributed by atoms with Crippen LogP contribution in [0.4, 0.5) is 4.79 Å². The molecule has 0 aliphatic carbocycles. The van der Waals surface area contributed by atoms with E-state index in [1.54, 1.807) is 11.9 Å². The van der Waals surface area contributed by atoms with Crippen molar-refractivity contribution in [1.82, 2.24) is 15.5 Å². The van der Waals surface area contributed by atoms with E-state index in [0.717, 1.165) is 18.9 Å². The predicted octanol–water partition coefficient (Wildman–Crippen LogP) is 2.43. The van der Waals surface area contributed by atoms with Crippen LogP contribution in [-0.4, -0.2) is 55.8 Å². The number of nitrogens with one attached hydrogen (secondary N) is 2. The van der Waals surface area contributed by atoms with Gasteiger partial charge in [0, 0.05) is 33.2 Å². The molecular weight excluding hydrogens is 383 g/mol. The van der Waals surface area contributed by atoms with E-state index in [4.69, 9.17) is 4.74 Å². The molecule has 0 aliphatic rings. The van der Waals surface area contributed by atoms with Gasteiger partial charge in [-0.05, 0) is 41.0 Å². The Bertz CT molecular complexity index is 327. The normalized spacial score (nSPS) is 11.7. The third-order valence-electron chi connectivity index (χ3n) is 2.58. The van der Waals surface area contributed by atoms with Gasteiger partial charge in [0.15, 0.2) is 5.96 Å². The topological polar surface area (TPSA) is 66.0 Å². The van der Waals surface area contributed by atoms with Gasteiger partial charge in [0.1, 0.15) is 5.60 Å². The summed E-state index contributed by atoms with van der Waals surface area (Å²) in [5.41, 5.74) is -0.462. The molecule has 126 valence electrons. The fourth-order valence-electron chi connectivity index (χ4n) is 1.62. The smallest absolute Gasteiger partial charge is 0.410 e. The van der Waals surface area contributed by atoms with E-state index in [9.17, 15) is 4.79 Å². The van der Waals surface area contributed by atoms with Crippen molar-refractivity contribution in [1.29, 1.82) is 0 Å². The van der Waals surface area contributed by atoms with Crippen molar-refractivity contribution in [3.63, 3.8) is 0 Å². The Morgan fingerprint density at radius 2 is 1.90 bits per heavy atom.